The Morgan fingerprint density at radius 2 is 2.15 bits per heavy atom. The van der Waals surface area contributed by atoms with Crippen LogP contribution in [-0.2, 0) is 16.0 Å². The third-order valence-corrected chi connectivity index (χ3v) is 4.98. The summed E-state index contributed by atoms with van der Waals surface area (Å²) in [5.41, 5.74) is 0.678. The highest BCUT2D eigenvalue weighted by Gasteiger charge is 2.31. The van der Waals surface area contributed by atoms with Gasteiger partial charge in [0.1, 0.15) is 5.75 Å². The maximum Gasteiger partial charge on any atom is 0.355 e. The van der Waals surface area contributed by atoms with Crippen molar-refractivity contribution in [2.24, 2.45) is 0 Å². The van der Waals surface area contributed by atoms with E-state index in [1.54, 1.807) is 24.0 Å². The lowest BCUT2D eigenvalue weighted by Gasteiger charge is -2.32. The van der Waals surface area contributed by atoms with Crippen molar-refractivity contribution in [3.05, 3.63) is 40.3 Å². The molecule has 0 radical (unpaired) electrons. The van der Waals surface area contributed by atoms with Crippen LogP contribution >= 0.6 is 11.3 Å². The second-order valence-corrected chi connectivity index (χ2v) is 6.94. The Morgan fingerprint density at radius 1 is 1.37 bits per heavy atom. The summed E-state index contributed by atoms with van der Waals surface area (Å²) in [6.07, 6.45) is 0.0294. The summed E-state index contributed by atoms with van der Waals surface area (Å²) in [7, 11) is 0. The molecule has 2 N–H and O–H groups in total. The molecule has 1 atom stereocenters. The van der Waals surface area contributed by atoms with Gasteiger partial charge in [-0.3, -0.25) is 9.59 Å². The number of amides is 2. The molecule has 2 heterocycles. The van der Waals surface area contributed by atoms with Gasteiger partial charge in [0, 0.05) is 31.3 Å². The molecule has 142 valence electrons. The summed E-state index contributed by atoms with van der Waals surface area (Å²) in [5.74, 6) is -0.797. The number of carboxylic acid groups (broad SMARTS) is 1. The molecule has 2 amide bonds. The van der Waals surface area contributed by atoms with Crippen LogP contribution in [0.25, 0.3) is 0 Å². The molecule has 0 saturated carbocycles. The lowest BCUT2D eigenvalue weighted by atomic mass is 10.1. The van der Waals surface area contributed by atoms with Crippen LogP contribution in [0.15, 0.2) is 29.6 Å². The van der Waals surface area contributed by atoms with Crippen molar-refractivity contribution < 1.29 is 24.2 Å². The molecule has 1 aromatic heterocycles. The predicted molar refractivity (Wildman–Crippen MR) is 99.3 cm³/mol. The largest absolute Gasteiger partial charge is 0.479 e. The quantitative estimate of drug-likeness (QED) is 0.746. The molecule has 0 saturated heterocycles. The van der Waals surface area contributed by atoms with Gasteiger partial charge in [-0.1, -0.05) is 12.1 Å². The highest BCUT2D eigenvalue weighted by atomic mass is 32.1. The Morgan fingerprint density at radius 3 is 2.89 bits per heavy atom. The number of benzene rings is 1. The van der Waals surface area contributed by atoms with E-state index in [4.69, 9.17) is 9.84 Å². The maximum atomic E-state index is 12.4. The minimum absolute atomic E-state index is 0.0138. The molecule has 0 aliphatic carbocycles. The summed E-state index contributed by atoms with van der Waals surface area (Å²) < 4.78 is 5.57. The number of carboxylic acids is 1. The number of hydrogen-bond acceptors (Lipinski definition) is 6. The number of para-hydroxylation sites is 2. The fourth-order valence-corrected chi connectivity index (χ4v) is 3.50. The summed E-state index contributed by atoms with van der Waals surface area (Å²) >= 11 is 1.25. The average molecular weight is 389 g/mol. The number of fused-ring (bicyclic) bond motifs is 1. The molecule has 2 aromatic rings. The molecular weight excluding hydrogens is 370 g/mol. The smallest absolute Gasteiger partial charge is 0.355 e. The van der Waals surface area contributed by atoms with E-state index in [0.29, 0.717) is 29.4 Å². The van der Waals surface area contributed by atoms with Gasteiger partial charge in [-0.15, -0.1) is 11.3 Å². The zero-order valence-electron chi connectivity index (χ0n) is 14.7. The highest BCUT2D eigenvalue weighted by Crippen LogP contribution is 2.33. The number of aromatic nitrogens is 1. The molecule has 0 bridgehead atoms. The van der Waals surface area contributed by atoms with Gasteiger partial charge in [0.2, 0.25) is 5.91 Å². The average Bonchev–Trinajstić information content (AvgIpc) is 3.11. The Labute approximate surface area is 159 Å². The monoisotopic (exact) mass is 389 g/mol. The Bertz CT molecular complexity index is 866. The van der Waals surface area contributed by atoms with Gasteiger partial charge in [0.15, 0.2) is 11.8 Å². The summed E-state index contributed by atoms with van der Waals surface area (Å²) in [6.45, 7) is 2.30. The van der Waals surface area contributed by atoms with Gasteiger partial charge in [-0.05, 0) is 19.1 Å². The molecule has 1 unspecified atom stereocenters. The van der Waals surface area contributed by atoms with E-state index < -0.39 is 12.1 Å². The van der Waals surface area contributed by atoms with Crippen molar-refractivity contribution in [2.75, 3.05) is 18.0 Å². The number of nitrogens with one attached hydrogen (secondary N) is 1. The molecule has 1 aromatic carbocycles. The molecule has 3 rings (SSSR count). The van der Waals surface area contributed by atoms with Crippen molar-refractivity contribution in [2.45, 2.75) is 25.9 Å². The number of aromatic carboxylic acids is 1. The Kier molecular flexibility index (Phi) is 5.70. The fraction of sp³-hybridized carbons (Fsp3) is 0.333. The van der Waals surface area contributed by atoms with E-state index in [0.717, 1.165) is 0 Å². The fourth-order valence-electron chi connectivity index (χ4n) is 2.72. The van der Waals surface area contributed by atoms with Crippen LogP contribution in [0, 0.1) is 0 Å². The first-order valence-electron chi connectivity index (χ1n) is 8.47. The van der Waals surface area contributed by atoms with Crippen molar-refractivity contribution in [3.8, 4) is 5.75 Å². The van der Waals surface area contributed by atoms with Crippen LogP contribution in [0.5, 0.6) is 5.75 Å². The van der Waals surface area contributed by atoms with Gasteiger partial charge in [0.05, 0.1) is 10.7 Å². The second-order valence-electron chi connectivity index (χ2n) is 6.00. The maximum absolute atomic E-state index is 12.4. The Balaban J connectivity index is 1.50. The third kappa shape index (κ3) is 4.43. The zero-order valence-corrected chi connectivity index (χ0v) is 15.5. The van der Waals surface area contributed by atoms with Crippen LogP contribution in [0.4, 0.5) is 5.69 Å². The van der Waals surface area contributed by atoms with Crippen molar-refractivity contribution in [1.82, 2.24) is 10.3 Å². The van der Waals surface area contributed by atoms with E-state index in [1.165, 1.54) is 16.7 Å². The normalized spacial score (nSPS) is 15.8. The van der Waals surface area contributed by atoms with E-state index in [-0.39, 0.29) is 30.5 Å². The number of rotatable bonds is 7. The van der Waals surface area contributed by atoms with E-state index in [2.05, 4.69) is 10.3 Å². The standard InChI is InChI=1S/C18H19N3O5S/c1-11-17(23)21(13-4-2-3-5-14(13)26-11)9-7-15(22)19-8-6-16-20-12(10-27-16)18(24)25/h2-5,10-11H,6-9H2,1H3,(H,19,22)(H,24,25). The second kappa shape index (κ2) is 8.17. The topological polar surface area (TPSA) is 109 Å². The SMILES string of the molecule is CC1Oc2ccccc2N(CCC(=O)NCCc2nc(C(=O)O)cs2)C1=O. The van der Waals surface area contributed by atoms with Gasteiger partial charge >= 0.3 is 5.97 Å². The van der Waals surface area contributed by atoms with Crippen LogP contribution < -0.4 is 15.0 Å². The molecule has 27 heavy (non-hydrogen) atoms. The number of hydrogen-bond donors (Lipinski definition) is 2. The molecule has 8 nitrogen and oxygen atoms in total. The highest BCUT2D eigenvalue weighted by molar-refractivity contribution is 7.09. The number of ether oxygens (including phenoxy) is 1. The molecule has 1 aliphatic rings. The zero-order chi connectivity index (χ0) is 19.4. The van der Waals surface area contributed by atoms with Crippen LogP contribution in [0.1, 0.15) is 28.8 Å². The van der Waals surface area contributed by atoms with Crippen molar-refractivity contribution >= 4 is 34.8 Å². The third-order valence-electron chi connectivity index (χ3n) is 4.07. The minimum atomic E-state index is -1.06. The number of nitrogens with zero attached hydrogens (tertiary/aromatic N) is 2. The van der Waals surface area contributed by atoms with Crippen molar-refractivity contribution in [1.29, 1.82) is 0 Å². The molecule has 0 fully saturated rings. The predicted octanol–water partition coefficient (Wildman–Crippen LogP) is 1.70. The summed E-state index contributed by atoms with van der Waals surface area (Å²) in [6, 6.07) is 7.24. The lowest BCUT2D eigenvalue weighted by molar-refractivity contribution is -0.125. The van der Waals surface area contributed by atoms with Gasteiger partial charge in [0.25, 0.3) is 5.91 Å². The van der Waals surface area contributed by atoms with E-state index >= 15 is 0 Å². The summed E-state index contributed by atoms with van der Waals surface area (Å²) in [4.78, 5) is 40.8. The van der Waals surface area contributed by atoms with E-state index in [9.17, 15) is 14.4 Å². The van der Waals surface area contributed by atoms with Crippen LogP contribution in [0.3, 0.4) is 0 Å². The number of carbonyl (C=O) groups is 3. The van der Waals surface area contributed by atoms with Gasteiger partial charge in [-0.2, -0.15) is 0 Å². The first-order chi connectivity index (χ1) is 13.0. The minimum Gasteiger partial charge on any atom is -0.479 e. The Hall–Kier alpha value is -2.94. The van der Waals surface area contributed by atoms with Crippen LogP contribution in [0.2, 0.25) is 0 Å². The molecule has 1 aliphatic heterocycles. The molecular formula is C18H19N3O5S. The van der Waals surface area contributed by atoms with Gasteiger partial charge in [-0.25, -0.2) is 9.78 Å². The number of carbonyl (C=O) groups excluding carboxylic acids is 2. The molecule has 9 heteroatoms. The van der Waals surface area contributed by atoms with Gasteiger partial charge < -0.3 is 20.1 Å². The first-order valence-corrected chi connectivity index (χ1v) is 9.35. The lowest BCUT2D eigenvalue weighted by Crippen LogP contribution is -2.45. The first kappa shape index (κ1) is 18.8. The molecule has 0 spiro atoms. The summed E-state index contributed by atoms with van der Waals surface area (Å²) in [5, 5.41) is 13.7. The van der Waals surface area contributed by atoms with E-state index in [1.807, 2.05) is 12.1 Å². The van der Waals surface area contributed by atoms with Crippen molar-refractivity contribution in [3.63, 3.8) is 0 Å². The van der Waals surface area contributed by atoms with Crippen LogP contribution in [-0.4, -0.2) is 47.1 Å². The number of thiazole rings is 1. The number of anilines is 1.